The zero-order valence-electron chi connectivity index (χ0n) is 10.5. The number of carbonyl (C=O) groups excluding carboxylic acids is 1. The van der Waals surface area contributed by atoms with E-state index in [0.717, 1.165) is 19.3 Å². The van der Waals surface area contributed by atoms with Crippen LogP contribution in [0.15, 0.2) is 12.3 Å². The van der Waals surface area contributed by atoms with Crippen LogP contribution in [0.1, 0.15) is 29.8 Å². The third-order valence-electron chi connectivity index (χ3n) is 3.78. The Bertz CT molecular complexity index is 431. The van der Waals surface area contributed by atoms with Gasteiger partial charge in [-0.2, -0.15) is 0 Å². The number of nitrogens with one attached hydrogen (secondary N) is 1. The second kappa shape index (κ2) is 5.76. The maximum Gasteiger partial charge on any atom is 0.267 e. The Morgan fingerprint density at radius 2 is 2.28 bits per heavy atom. The van der Waals surface area contributed by atoms with E-state index in [1.807, 2.05) is 0 Å². The molecule has 18 heavy (non-hydrogen) atoms. The third-order valence-corrected chi connectivity index (χ3v) is 3.99. The van der Waals surface area contributed by atoms with Gasteiger partial charge in [0.25, 0.3) is 5.91 Å². The third kappa shape index (κ3) is 2.87. The predicted octanol–water partition coefficient (Wildman–Crippen LogP) is 1.82. The van der Waals surface area contributed by atoms with Gasteiger partial charge in [-0.1, -0.05) is 18.0 Å². The number of halogens is 1. The molecule has 1 saturated carbocycles. The van der Waals surface area contributed by atoms with Crippen LogP contribution in [0.4, 0.5) is 0 Å². The van der Waals surface area contributed by atoms with E-state index < -0.39 is 0 Å². The van der Waals surface area contributed by atoms with Gasteiger partial charge in [-0.05, 0) is 30.7 Å². The predicted molar refractivity (Wildman–Crippen MR) is 70.7 cm³/mol. The van der Waals surface area contributed by atoms with E-state index in [2.05, 4.69) is 5.32 Å². The van der Waals surface area contributed by atoms with E-state index >= 15 is 0 Å². The van der Waals surface area contributed by atoms with Crippen molar-refractivity contribution in [3.8, 4) is 0 Å². The molecule has 2 N–H and O–H groups in total. The van der Waals surface area contributed by atoms with E-state index in [1.54, 1.807) is 23.9 Å². The Balaban J connectivity index is 1.90. The molecule has 5 heteroatoms. The van der Waals surface area contributed by atoms with Crippen LogP contribution in [0.25, 0.3) is 0 Å². The second-order valence-electron chi connectivity index (χ2n) is 5.00. The molecule has 1 fully saturated rings. The van der Waals surface area contributed by atoms with Gasteiger partial charge in [0.15, 0.2) is 0 Å². The largest absolute Gasteiger partial charge is 0.396 e. The monoisotopic (exact) mass is 270 g/mol. The van der Waals surface area contributed by atoms with Gasteiger partial charge in [0.2, 0.25) is 0 Å². The number of aromatic nitrogens is 1. The summed E-state index contributed by atoms with van der Waals surface area (Å²) in [4.78, 5) is 12.0. The van der Waals surface area contributed by atoms with E-state index in [9.17, 15) is 9.90 Å². The van der Waals surface area contributed by atoms with Crippen LogP contribution >= 0.6 is 11.6 Å². The maximum atomic E-state index is 12.0. The lowest BCUT2D eigenvalue weighted by molar-refractivity contribution is 0.0929. The molecule has 4 nitrogen and oxygen atoms in total. The Morgan fingerprint density at radius 1 is 1.56 bits per heavy atom. The van der Waals surface area contributed by atoms with Gasteiger partial charge in [-0.15, -0.1) is 0 Å². The standard InChI is InChI=1S/C13H19ClN2O2/c1-16-7-11(14)5-12(16)13(18)15-6-9-3-2-4-10(9)8-17/h5,7,9-10,17H,2-4,6,8H2,1H3,(H,15,18). The number of rotatable bonds is 4. The summed E-state index contributed by atoms with van der Waals surface area (Å²) in [6.07, 6.45) is 5.00. The molecule has 1 aliphatic carbocycles. The van der Waals surface area contributed by atoms with Gasteiger partial charge in [-0.25, -0.2) is 0 Å². The zero-order chi connectivity index (χ0) is 13.1. The van der Waals surface area contributed by atoms with Crippen molar-refractivity contribution in [2.45, 2.75) is 19.3 Å². The van der Waals surface area contributed by atoms with E-state index in [4.69, 9.17) is 11.6 Å². The summed E-state index contributed by atoms with van der Waals surface area (Å²) in [6, 6.07) is 1.66. The summed E-state index contributed by atoms with van der Waals surface area (Å²) in [5.41, 5.74) is 0.568. The summed E-state index contributed by atoms with van der Waals surface area (Å²) < 4.78 is 1.72. The molecule has 2 rings (SSSR count). The molecule has 0 aromatic carbocycles. The van der Waals surface area contributed by atoms with Crippen molar-refractivity contribution >= 4 is 17.5 Å². The zero-order valence-corrected chi connectivity index (χ0v) is 11.3. The summed E-state index contributed by atoms with van der Waals surface area (Å²) in [7, 11) is 1.80. The first-order valence-electron chi connectivity index (χ1n) is 6.32. The van der Waals surface area contributed by atoms with Crippen molar-refractivity contribution in [2.75, 3.05) is 13.2 Å². The highest BCUT2D eigenvalue weighted by atomic mass is 35.5. The van der Waals surface area contributed by atoms with Gasteiger partial charge >= 0.3 is 0 Å². The first-order valence-corrected chi connectivity index (χ1v) is 6.70. The van der Waals surface area contributed by atoms with Gasteiger partial charge in [0.1, 0.15) is 5.69 Å². The number of hydrogen-bond acceptors (Lipinski definition) is 2. The van der Waals surface area contributed by atoms with Crippen LogP contribution in [-0.2, 0) is 7.05 Å². The normalized spacial score (nSPS) is 23.3. The number of aliphatic hydroxyl groups is 1. The number of hydrogen-bond donors (Lipinski definition) is 2. The molecule has 1 aromatic heterocycles. The molecule has 100 valence electrons. The van der Waals surface area contributed by atoms with Crippen molar-refractivity contribution in [1.82, 2.24) is 9.88 Å². The minimum atomic E-state index is -0.104. The van der Waals surface area contributed by atoms with Crippen LogP contribution in [0, 0.1) is 11.8 Å². The minimum Gasteiger partial charge on any atom is -0.396 e. The molecule has 0 radical (unpaired) electrons. The van der Waals surface area contributed by atoms with Crippen LogP contribution in [0.3, 0.4) is 0 Å². The minimum absolute atomic E-state index is 0.104. The van der Waals surface area contributed by atoms with Gasteiger partial charge in [0, 0.05) is 26.4 Å². The quantitative estimate of drug-likeness (QED) is 0.877. The first kappa shape index (κ1) is 13.4. The summed E-state index contributed by atoms with van der Waals surface area (Å²) in [6.45, 7) is 0.851. The van der Waals surface area contributed by atoms with Gasteiger partial charge in [0.05, 0.1) is 5.02 Å². The molecule has 1 aliphatic rings. The van der Waals surface area contributed by atoms with Crippen LogP contribution in [0.5, 0.6) is 0 Å². The Morgan fingerprint density at radius 3 is 2.89 bits per heavy atom. The maximum absolute atomic E-state index is 12.0. The van der Waals surface area contributed by atoms with Crippen molar-refractivity contribution in [2.24, 2.45) is 18.9 Å². The molecule has 0 saturated heterocycles. The van der Waals surface area contributed by atoms with Crippen molar-refractivity contribution < 1.29 is 9.90 Å². The van der Waals surface area contributed by atoms with E-state index in [-0.39, 0.29) is 12.5 Å². The molecule has 1 heterocycles. The lowest BCUT2D eigenvalue weighted by Gasteiger charge is -2.17. The number of nitrogens with zero attached hydrogens (tertiary/aromatic N) is 1. The second-order valence-corrected chi connectivity index (χ2v) is 5.43. The highest BCUT2D eigenvalue weighted by Crippen LogP contribution is 2.30. The van der Waals surface area contributed by atoms with Crippen LogP contribution in [0.2, 0.25) is 5.02 Å². The van der Waals surface area contributed by atoms with Gasteiger partial charge in [-0.3, -0.25) is 4.79 Å². The molecule has 0 spiro atoms. The summed E-state index contributed by atoms with van der Waals surface area (Å²) in [5, 5.41) is 12.7. The lowest BCUT2D eigenvalue weighted by Crippen LogP contribution is -2.32. The Hall–Kier alpha value is -1.00. The molecular formula is C13H19ClN2O2. The number of amides is 1. The fourth-order valence-electron chi connectivity index (χ4n) is 2.69. The van der Waals surface area contributed by atoms with E-state index in [1.165, 1.54) is 0 Å². The smallest absolute Gasteiger partial charge is 0.267 e. The SMILES string of the molecule is Cn1cc(Cl)cc1C(=O)NCC1CCCC1CO. The van der Waals surface area contributed by atoms with Crippen molar-refractivity contribution in [3.05, 3.63) is 23.0 Å². The van der Waals surface area contributed by atoms with Gasteiger partial charge < -0.3 is 15.0 Å². The molecule has 1 aromatic rings. The van der Waals surface area contributed by atoms with Crippen LogP contribution < -0.4 is 5.32 Å². The first-order chi connectivity index (χ1) is 8.61. The molecule has 0 bridgehead atoms. The molecular weight excluding hydrogens is 252 g/mol. The average molecular weight is 271 g/mol. The number of aryl methyl sites for hydroxylation is 1. The van der Waals surface area contributed by atoms with Crippen molar-refractivity contribution in [1.29, 1.82) is 0 Å². The lowest BCUT2D eigenvalue weighted by atomic mass is 9.97. The fourth-order valence-corrected chi connectivity index (χ4v) is 2.94. The number of aliphatic hydroxyl groups excluding tert-OH is 1. The highest BCUT2D eigenvalue weighted by Gasteiger charge is 2.27. The molecule has 0 aliphatic heterocycles. The topological polar surface area (TPSA) is 54.3 Å². The summed E-state index contributed by atoms with van der Waals surface area (Å²) >= 11 is 5.85. The Labute approximate surface area is 112 Å². The average Bonchev–Trinajstić information content (AvgIpc) is 2.92. The highest BCUT2D eigenvalue weighted by molar-refractivity contribution is 6.31. The van der Waals surface area contributed by atoms with Crippen LogP contribution in [-0.4, -0.2) is 28.7 Å². The molecule has 2 unspecified atom stereocenters. The number of carbonyl (C=O) groups is 1. The van der Waals surface area contributed by atoms with E-state index in [0.29, 0.717) is 29.1 Å². The summed E-state index contributed by atoms with van der Waals surface area (Å²) in [5.74, 6) is 0.630. The molecule has 1 amide bonds. The fraction of sp³-hybridized carbons (Fsp3) is 0.615. The Kier molecular flexibility index (Phi) is 4.30. The van der Waals surface area contributed by atoms with Crippen molar-refractivity contribution in [3.63, 3.8) is 0 Å². The molecule has 2 atom stereocenters.